The minimum absolute atomic E-state index is 0.459. The first kappa shape index (κ1) is 10.3. The predicted molar refractivity (Wildman–Crippen MR) is 47.0 cm³/mol. The summed E-state index contributed by atoms with van der Waals surface area (Å²) in [6.07, 6.45) is 6.40. The molecule has 0 atom stereocenters. The maximum absolute atomic E-state index is 9.00. The molecule has 1 aliphatic carbocycles. The molecule has 0 radical (unpaired) electrons. The smallest absolute Gasteiger partial charge is 0.300 e. The fourth-order valence-electron chi connectivity index (χ4n) is 0.470. The minimum atomic E-state index is -0.833. The highest BCUT2D eigenvalue weighted by molar-refractivity contribution is 6.16. The van der Waals surface area contributed by atoms with E-state index in [1.807, 2.05) is 0 Å². The summed E-state index contributed by atoms with van der Waals surface area (Å²) < 4.78 is 0. The highest BCUT2D eigenvalue weighted by Crippen LogP contribution is 1.91. The van der Waals surface area contributed by atoms with Crippen LogP contribution in [0.1, 0.15) is 6.92 Å². The molecular formula is C8H10N2O2. The van der Waals surface area contributed by atoms with Crippen molar-refractivity contribution in [1.29, 1.82) is 10.8 Å². The second-order valence-corrected chi connectivity index (χ2v) is 2.10. The Morgan fingerprint density at radius 2 is 1.33 bits per heavy atom. The zero-order valence-electron chi connectivity index (χ0n) is 6.66. The van der Waals surface area contributed by atoms with E-state index >= 15 is 0 Å². The van der Waals surface area contributed by atoms with Crippen molar-refractivity contribution in [1.82, 2.24) is 0 Å². The number of allylic oxidation sites excluding steroid dienone is 4. The van der Waals surface area contributed by atoms with E-state index < -0.39 is 5.97 Å². The van der Waals surface area contributed by atoms with Gasteiger partial charge in [-0.3, -0.25) is 4.79 Å². The maximum Gasteiger partial charge on any atom is 0.300 e. The number of rotatable bonds is 0. The van der Waals surface area contributed by atoms with Gasteiger partial charge in [-0.25, -0.2) is 0 Å². The quantitative estimate of drug-likeness (QED) is 0.473. The Morgan fingerprint density at radius 1 is 1.17 bits per heavy atom. The molecule has 64 valence electrons. The van der Waals surface area contributed by atoms with Crippen molar-refractivity contribution in [2.75, 3.05) is 0 Å². The number of carboxylic acids is 1. The summed E-state index contributed by atoms with van der Waals surface area (Å²) in [6.45, 7) is 1.08. The molecule has 12 heavy (non-hydrogen) atoms. The molecule has 0 unspecified atom stereocenters. The Kier molecular flexibility index (Phi) is 4.30. The summed E-state index contributed by atoms with van der Waals surface area (Å²) in [4.78, 5) is 9.00. The summed E-state index contributed by atoms with van der Waals surface area (Å²) >= 11 is 0. The summed E-state index contributed by atoms with van der Waals surface area (Å²) in [6, 6.07) is 0. The van der Waals surface area contributed by atoms with Gasteiger partial charge in [0, 0.05) is 6.92 Å². The van der Waals surface area contributed by atoms with Crippen LogP contribution in [0.4, 0.5) is 0 Å². The number of nitrogens with one attached hydrogen (secondary N) is 2. The van der Waals surface area contributed by atoms with Crippen LogP contribution < -0.4 is 0 Å². The monoisotopic (exact) mass is 166 g/mol. The molecular weight excluding hydrogens is 156 g/mol. The number of carboxylic acid groups (broad SMARTS) is 1. The number of hydrogen-bond donors (Lipinski definition) is 3. The molecule has 0 saturated heterocycles. The van der Waals surface area contributed by atoms with Crippen LogP contribution in [0.2, 0.25) is 0 Å². The van der Waals surface area contributed by atoms with Crippen LogP contribution in [0.15, 0.2) is 24.3 Å². The topological polar surface area (TPSA) is 85.0 Å². The molecule has 0 saturated carbocycles. The molecule has 0 aromatic carbocycles. The highest BCUT2D eigenvalue weighted by atomic mass is 16.4. The van der Waals surface area contributed by atoms with Gasteiger partial charge in [0.1, 0.15) is 0 Å². The van der Waals surface area contributed by atoms with Crippen LogP contribution in [-0.2, 0) is 4.79 Å². The lowest BCUT2D eigenvalue weighted by Gasteiger charge is -1.93. The summed E-state index contributed by atoms with van der Waals surface area (Å²) in [5.41, 5.74) is 0.919. The lowest BCUT2D eigenvalue weighted by molar-refractivity contribution is -0.134. The first-order chi connectivity index (χ1) is 5.52. The molecule has 0 aromatic rings. The van der Waals surface area contributed by atoms with Crippen molar-refractivity contribution in [2.45, 2.75) is 6.92 Å². The van der Waals surface area contributed by atoms with Crippen LogP contribution in [0, 0.1) is 10.8 Å². The Hall–Kier alpha value is -1.71. The van der Waals surface area contributed by atoms with Gasteiger partial charge in [0.05, 0.1) is 11.4 Å². The molecule has 1 rings (SSSR count). The number of aliphatic carboxylic acids is 1. The van der Waals surface area contributed by atoms with Crippen molar-refractivity contribution < 1.29 is 9.90 Å². The zero-order valence-corrected chi connectivity index (χ0v) is 6.66. The Morgan fingerprint density at radius 3 is 1.50 bits per heavy atom. The maximum atomic E-state index is 9.00. The van der Waals surface area contributed by atoms with E-state index in [-0.39, 0.29) is 0 Å². The molecule has 0 aliphatic heterocycles. The molecule has 3 N–H and O–H groups in total. The van der Waals surface area contributed by atoms with Crippen molar-refractivity contribution >= 4 is 17.4 Å². The van der Waals surface area contributed by atoms with Gasteiger partial charge in [0.15, 0.2) is 0 Å². The van der Waals surface area contributed by atoms with Gasteiger partial charge in [0.25, 0.3) is 5.97 Å². The van der Waals surface area contributed by atoms with E-state index in [0.29, 0.717) is 11.4 Å². The highest BCUT2D eigenvalue weighted by Gasteiger charge is 1.91. The average Bonchev–Trinajstić information content (AvgIpc) is 1.94. The molecule has 1 aliphatic rings. The Bertz CT molecular complexity index is 222. The molecule has 0 amide bonds. The Labute approximate surface area is 70.2 Å². The minimum Gasteiger partial charge on any atom is -0.481 e. The van der Waals surface area contributed by atoms with Gasteiger partial charge in [-0.2, -0.15) is 0 Å². The third-order valence-electron chi connectivity index (χ3n) is 0.885. The second kappa shape index (κ2) is 5.01. The first-order valence-corrected chi connectivity index (χ1v) is 3.25. The molecule has 0 bridgehead atoms. The van der Waals surface area contributed by atoms with Crippen LogP contribution in [0.5, 0.6) is 0 Å². The third-order valence-corrected chi connectivity index (χ3v) is 0.885. The average molecular weight is 166 g/mol. The van der Waals surface area contributed by atoms with Gasteiger partial charge < -0.3 is 15.9 Å². The fourth-order valence-corrected chi connectivity index (χ4v) is 0.470. The standard InChI is InChI=1S/C6H6N2.C2H4O2/c7-5-1-2-6(8)4-3-5;1-2(3)4/h1-4,7-8H;1H3,(H,3,4). The van der Waals surface area contributed by atoms with Gasteiger partial charge in [0.2, 0.25) is 0 Å². The summed E-state index contributed by atoms with van der Waals surface area (Å²) in [5, 5.41) is 21.4. The normalized spacial score (nSPS) is 13.8. The van der Waals surface area contributed by atoms with Crippen molar-refractivity contribution in [3.8, 4) is 0 Å². The van der Waals surface area contributed by atoms with Crippen LogP contribution in [0.25, 0.3) is 0 Å². The van der Waals surface area contributed by atoms with E-state index in [2.05, 4.69) is 0 Å². The largest absolute Gasteiger partial charge is 0.481 e. The molecule has 4 heteroatoms. The lowest BCUT2D eigenvalue weighted by atomic mass is 10.2. The molecule has 0 heterocycles. The third kappa shape index (κ3) is 6.41. The predicted octanol–water partition coefficient (Wildman–Crippen LogP) is 1.24. The summed E-state index contributed by atoms with van der Waals surface area (Å²) in [7, 11) is 0. The lowest BCUT2D eigenvalue weighted by Crippen LogP contribution is -1.95. The molecule has 4 nitrogen and oxygen atoms in total. The van der Waals surface area contributed by atoms with Gasteiger partial charge in [-0.15, -0.1) is 0 Å². The van der Waals surface area contributed by atoms with Gasteiger partial charge in [-0.1, -0.05) is 0 Å². The van der Waals surface area contributed by atoms with Crippen LogP contribution in [-0.4, -0.2) is 22.5 Å². The fraction of sp³-hybridized carbons (Fsp3) is 0.125. The van der Waals surface area contributed by atoms with E-state index in [4.69, 9.17) is 20.7 Å². The molecule has 0 aromatic heterocycles. The van der Waals surface area contributed by atoms with E-state index in [9.17, 15) is 0 Å². The van der Waals surface area contributed by atoms with Crippen molar-refractivity contribution in [2.24, 2.45) is 0 Å². The van der Waals surface area contributed by atoms with E-state index in [0.717, 1.165) is 6.92 Å². The zero-order chi connectivity index (χ0) is 9.56. The number of hydrogen-bond acceptors (Lipinski definition) is 3. The van der Waals surface area contributed by atoms with Crippen LogP contribution in [0.3, 0.4) is 0 Å². The molecule has 0 fully saturated rings. The van der Waals surface area contributed by atoms with Gasteiger partial charge in [-0.05, 0) is 24.3 Å². The molecule has 0 spiro atoms. The second-order valence-electron chi connectivity index (χ2n) is 2.10. The van der Waals surface area contributed by atoms with Crippen molar-refractivity contribution in [3.05, 3.63) is 24.3 Å². The first-order valence-electron chi connectivity index (χ1n) is 3.25. The van der Waals surface area contributed by atoms with Crippen LogP contribution >= 0.6 is 0 Å². The van der Waals surface area contributed by atoms with Gasteiger partial charge >= 0.3 is 0 Å². The SMILES string of the molecule is CC(=O)O.N=C1C=CC(=N)C=C1. The van der Waals surface area contributed by atoms with Crippen molar-refractivity contribution in [3.63, 3.8) is 0 Å². The summed E-state index contributed by atoms with van der Waals surface area (Å²) in [5.74, 6) is -0.833. The Balaban J connectivity index is 0.000000261. The van der Waals surface area contributed by atoms with E-state index in [1.54, 1.807) is 24.3 Å². The number of carbonyl (C=O) groups is 1. The van der Waals surface area contributed by atoms with E-state index in [1.165, 1.54) is 0 Å².